The standard InChI is InChI=1S/C22H24N2O5/c25-21(26)20(13-24-9-11-28-12-10-24)23-22(27)29-14-19-17-7-3-1-5-15(17)16-6-2-4-8-18(16)19/h1-8,19-20H,9-14H2,(H,23,27)(H,25,26)/t20-/m1/s1. The summed E-state index contributed by atoms with van der Waals surface area (Å²) in [4.78, 5) is 25.9. The molecule has 0 aromatic heterocycles. The van der Waals surface area contributed by atoms with Gasteiger partial charge >= 0.3 is 12.1 Å². The highest BCUT2D eigenvalue weighted by Crippen LogP contribution is 2.44. The van der Waals surface area contributed by atoms with Gasteiger partial charge in [0.05, 0.1) is 13.2 Å². The summed E-state index contributed by atoms with van der Waals surface area (Å²) in [5, 5.41) is 12.0. The fourth-order valence-corrected chi connectivity index (χ4v) is 4.01. The minimum absolute atomic E-state index is 0.0596. The first kappa shape index (κ1) is 19.4. The Labute approximate surface area is 169 Å². The molecule has 29 heavy (non-hydrogen) atoms. The van der Waals surface area contributed by atoms with Gasteiger partial charge in [0.25, 0.3) is 0 Å². The van der Waals surface area contributed by atoms with Crippen molar-refractivity contribution in [2.45, 2.75) is 12.0 Å². The van der Waals surface area contributed by atoms with Crippen LogP contribution in [0.2, 0.25) is 0 Å². The Bertz CT molecular complexity index is 849. The zero-order chi connectivity index (χ0) is 20.2. The van der Waals surface area contributed by atoms with E-state index in [0.29, 0.717) is 26.3 Å². The number of ether oxygens (including phenoxy) is 2. The molecule has 152 valence electrons. The molecule has 7 heteroatoms. The first-order chi connectivity index (χ1) is 14.1. The van der Waals surface area contributed by atoms with E-state index >= 15 is 0 Å². The number of hydrogen-bond acceptors (Lipinski definition) is 5. The van der Waals surface area contributed by atoms with Crippen LogP contribution in [0.5, 0.6) is 0 Å². The van der Waals surface area contributed by atoms with Gasteiger partial charge in [-0.1, -0.05) is 48.5 Å². The number of carboxylic acids is 1. The SMILES string of the molecule is O=C(N[C@H](CN1CCOCC1)C(=O)O)OCC1c2ccccc2-c2ccccc21. The largest absolute Gasteiger partial charge is 0.480 e. The molecule has 1 atom stereocenters. The van der Waals surface area contributed by atoms with E-state index in [-0.39, 0.29) is 19.1 Å². The van der Waals surface area contributed by atoms with E-state index in [1.165, 1.54) is 0 Å². The first-order valence-corrected chi connectivity index (χ1v) is 9.78. The lowest BCUT2D eigenvalue weighted by atomic mass is 9.98. The molecule has 2 N–H and O–H groups in total. The zero-order valence-electron chi connectivity index (χ0n) is 16.0. The zero-order valence-corrected chi connectivity index (χ0v) is 16.0. The summed E-state index contributed by atoms with van der Waals surface area (Å²) in [7, 11) is 0. The van der Waals surface area contributed by atoms with Crippen molar-refractivity contribution in [3.8, 4) is 11.1 Å². The van der Waals surface area contributed by atoms with E-state index in [4.69, 9.17) is 9.47 Å². The van der Waals surface area contributed by atoms with Crippen molar-refractivity contribution in [3.63, 3.8) is 0 Å². The maximum atomic E-state index is 12.3. The molecular formula is C22H24N2O5. The lowest BCUT2D eigenvalue weighted by Gasteiger charge is -2.29. The van der Waals surface area contributed by atoms with Crippen molar-refractivity contribution < 1.29 is 24.2 Å². The summed E-state index contributed by atoms with van der Waals surface area (Å²) in [6, 6.07) is 15.1. The van der Waals surface area contributed by atoms with Crippen LogP contribution in [0.3, 0.4) is 0 Å². The number of aliphatic carboxylic acids is 1. The number of rotatable bonds is 6. The van der Waals surface area contributed by atoms with Crippen LogP contribution in [-0.4, -0.2) is 67.6 Å². The summed E-state index contributed by atoms with van der Waals surface area (Å²) in [5.74, 6) is -1.14. The number of fused-ring (bicyclic) bond motifs is 3. The highest BCUT2D eigenvalue weighted by Gasteiger charge is 2.30. The third kappa shape index (κ3) is 4.26. The molecule has 7 nitrogen and oxygen atoms in total. The Morgan fingerprint density at radius 2 is 1.66 bits per heavy atom. The molecule has 1 aliphatic heterocycles. The van der Waals surface area contributed by atoms with Crippen molar-refractivity contribution in [2.24, 2.45) is 0 Å². The molecule has 2 aromatic rings. The van der Waals surface area contributed by atoms with E-state index in [1.807, 2.05) is 41.3 Å². The van der Waals surface area contributed by atoms with Crippen LogP contribution in [0.15, 0.2) is 48.5 Å². The monoisotopic (exact) mass is 396 g/mol. The smallest absolute Gasteiger partial charge is 0.407 e. The van der Waals surface area contributed by atoms with Gasteiger partial charge < -0.3 is 19.9 Å². The third-order valence-electron chi connectivity index (χ3n) is 5.48. The summed E-state index contributed by atoms with van der Waals surface area (Å²) in [5.41, 5.74) is 4.52. The lowest BCUT2D eigenvalue weighted by molar-refractivity contribution is -0.140. The topological polar surface area (TPSA) is 88.1 Å². The molecular weight excluding hydrogens is 372 g/mol. The fourth-order valence-electron chi connectivity index (χ4n) is 4.01. The van der Waals surface area contributed by atoms with Crippen LogP contribution in [-0.2, 0) is 14.3 Å². The van der Waals surface area contributed by atoms with Gasteiger partial charge in [-0.2, -0.15) is 0 Å². The van der Waals surface area contributed by atoms with Gasteiger partial charge in [0.2, 0.25) is 0 Å². The highest BCUT2D eigenvalue weighted by molar-refractivity contribution is 5.81. The Kier molecular flexibility index (Phi) is 5.78. The van der Waals surface area contributed by atoms with Gasteiger partial charge in [0, 0.05) is 25.6 Å². The molecule has 4 rings (SSSR count). The van der Waals surface area contributed by atoms with E-state index < -0.39 is 18.1 Å². The second-order valence-corrected chi connectivity index (χ2v) is 7.27. The van der Waals surface area contributed by atoms with Crippen molar-refractivity contribution in [3.05, 3.63) is 59.7 Å². The second kappa shape index (κ2) is 8.63. The molecule has 1 fully saturated rings. The molecule has 2 aliphatic rings. The van der Waals surface area contributed by atoms with Crippen LogP contribution in [0.1, 0.15) is 17.0 Å². The number of morpholine rings is 1. The molecule has 0 radical (unpaired) electrons. The highest BCUT2D eigenvalue weighted by atomic mass is 16.5. The molecule has 1 heterocycles. The average molecular weight is 396 g/mol. The predicted molar refractivity (Wildman–Crippen MR) is 107 cm³/mol. The van der Waals surface area contributed by atoms with Crippen LogP contribution in [0, 0.1) is 0 Å². The number of hydrogen-bond donors (Lipinski definition) is 2. The quantitative estimate of drug-likeness (QED) is 0.779. The van der Waals surface area contributed by atoms with Gasteiger partial charge in [-0.3, -0.25) is 4.90 Å². The van der Waals surface area contributed by atoms with Crippen molar-refractivity contribution in [1.29, 1.82) is 0 Å². The number of nitrogens with one attached hydrogen (secondary N) is 1. The van der Waals surface area contributed by atoms with Gasteiger partial charge in [-0.05, 0) is 22.3 Å². The number of benzene rings is 2. The molecule has 0 bridgehead atoms. The minimum atomic E-state index is -1.08. The maximum Gasteiger partial charge on any atom is 0.407 e. The Morgan fingerprint density at radius 1 is 1.07 bits per heavy atom. The van der Waals surface area contributed by atoms with Crippen molar-refractivity contribution >= 4 is 12.1 Å². The molecule has 0 saturated carbocycles. The molecule has 0 spiro atoms. The number of alkyl carbamates (subject to hydrolysis) is 1. The van der Waals surface area contributed by atoms with Crippen molar-refractivity contribution in [1.82, 2.24) is 10.2 Å². The number of carbonyl (C=O) groups excluding carboxylic acids is 1. The van der Waals surface area contributed by atoms with Crippen molar-refractivity contribution in [2.75, 3.05) is 39.5 Å². The van der Waals surface area contributed by atoms with E-state index in [0.717, 1.165) is 22.3 Å². The van der Waals surface area contributed by atoms with Crippen LogP contribution in [0.25, 0.3) is 11.1 Å². The fraction of sp³-hybridized carbons (Fsp3) is 0.364. The Balaban J connectivity index is 1.39. The van der Waals surface area contributed by atoms with E-state index in [1.54, 1.807) is 0 Å². The Morgan fingerprint density at radius 3 is 2.24 bits per heavy atom. The van der Waals surface area contributed by atoms with Crippen LogP contribution < -0.4 is 5.32 Å². The summed E-state index contributed by atoms with van der Waals surface area (Å²) < 4.78 is 10.7. The third-order valence-corrected chi connectivity index (χ3v) is 5.48. The maximum absolute atomic E-state index is 12.3. The summed E-state index contributed by atoms with van der Waals surface area (Å²) in [6.45, 7) is 2.81. The number of carboxylic acid groups (broad SMARTS) is 1. The van der Waals surface area contributed by atoms with Crippen LogP contribution >= 0.6 is 0 Å². The molecule has 2 aromatic carbocycles. The first-order valence-electron chi connectivity index (χ1n) is 9.78. The molecule has 0 unspecified atom stereocenters. The molecule has 1 amide bonds. The summed E-state index contributed by atoms with van der Waals surface area (Å²) in [6.07, 6.45) is -0.715. The van der Waals surface area contributed by atoms with Crippen LogP contribution in [0.4, 0.5) is 4.79 Å². The van der Waals surface area contributed by atoms with Gasteiger partial charge in [-0.25, -0.2) is 9.59 Å². The molecule has 1 saturated heterocycles. The normalized spacial score (nSPS) is 17.2. The summed E-state index contributed by atoms with van der Waals surface area (Å²) >= 11 is 0. The van der Waals surface area contributed by atoms with Gasteiger partial charge in [0.15, 0.2) is 0 Å². The Hall–Kier alpha value is -2.90. The van der Waals surface area contributed by atoms with E-state index in [2.05, 4.69) is 17.4 Å². The van der Waals surface area contributed by atoms with Gasteiger partial charge in [-0.15, -0.1) is 0 Å². The lowest BCUT2D eigenvalue weighted by Crippen LogP contribution is -2.51. The minimum Gasteiger partial charge on any atom is -0.480 e. The number of amides is 1. The second-order valence-electron chi connectivity index (χ2n) is 7.27. The predicted octanol–water partition coefficient (Wildman–Crippen LogP) is 2.31. The average Bonchev–Trinajstić information content (AvgIpc) is 3.06. The number of nitrogens with zero attached hydrogens (tertiary/aromatic N) is 1. The van der Waals surface area contributed by atoms with Gasteiger partial charge in [0.1, 0.15) is 12.6 Å². The number of carbonyl (C=O) groups is 2. The van der Waals surface area contributed by atoms with E-state index in [9.17, 15) is 14.7 Å². The molecule has 1 aliphatic carbocycles.